The third-order valence-electron chi connectivity index (χ3n) is 4.08. The number of alkyl halides is 3. The predicted molar refractivity (Wildman–Crippen MR) is 131 cm³/mol. The van der Waals surface area contributed by atoms with Gasteiger partial charge in [-0.15, -0.1) is 0 Å². The summed E-state index contributed by atoms with van der Waals surface area (Å²) in [6, 6.07) is 27.2. The summed E-state index contributed by atoms with van der Waals surface area (Å²) in [7, 11) is -6.40. The Morgan fingerprint density at radius 1 is 0.912 bits per heavy atom. The number of hydrogen-bond acceptors (Lipinski definition) is 5. The van der Waals surface area contributed by atoms with Crippen molar-refractivity contribution < 1.29 is 35.7 Å². The fourth-order valence-corrected chi connectivity index (χ4v) is 5.21. The molecule has 0 atom stereocenters. The summed E-state index contributed by atoms with van der Waals surface area (Å²) in [5, 5.41) is -5.00. The van der Waals surface area contributed by atoms with Crippen molar-refractivity contribution in [1.29, 1.82) is 0 Å². The second-order valence-electron chi connectivity index (χ2n) is 6.51. The van der Waals surface area contributed by atoms with E-state index in [2.05, 4.69) is 29.0 Å². The minimum absolute atomic E-state index is 0.150. The smallest absolute Gasteiger partial charge is 0.428 e. The minimum atomic E-state index is -6.00. The van der Waals surface area contributed by atoms with E-state index in [1.807, 2.05) is 71.1 Å². The van der Waals surface area contributed by atoms with Crippen LogP contribution in [-0.4, -0.2) is 35.2 Å². The van der Waals surface area contributed by atoms with Gasteiger partial charge in [0.05, 0.1) is 6.61 Å². The lowest BCUT2D eigenvalue weighted by molar-refractivity contribution is -0.161. The molecule has 0 amide bonds. The molecule has 0 aliphatic rings. The molecule has 3 aromatic rings. The molecule has 0 aliphatic heterocycles. The van der Waals surface area contributed by atoms with Gasteiger partial charge >= 0.3 is 11.2 Å². The van der Waals surface area contributed by atoms with Crippen LogP contribution < -0.4 is 0 Å². The zero-order valence-electron chi connectivity index (χ0n) is 17.6. The minimum Gasteiger partial charge on any atom is -0.743 e. The van der Waals surface area contributed by atoms with Crippen molar-refractivity contribution in [2.24, 2.45) is 0 Å². The van der Waals surface area contributed by atoms with Gasteiger partial charge in [-0.3, -0.25) is 0 Å². The third kappa shape index (κ3) is 7.72. The normalized spacial score (nSPS) is 11.5. The maximum Gasteiger partial charge on any atom is 0.428 e. The summed E-state index contributed by atoms with van der Waals surface area (Å²) >= 11 is 1.91. The molecule has 0 spiro atoms. The molecule has 0 saturated carbocycles. The molecule has 3 aromatic carbocycles. The van der Waals surface area contributed by atoms with Crippen molar-refractivity contribution in [2.75, 3.05) is 11.0 Å². The number of rotatable bonds is 8. The van der Waals surface area contributed by atoms with Crippen molar-refractivity contribution in [3.05, 3.63) is 90.7 Å². The maximum atomic E-state index is 14.2. The van der Waals surface area contributed by atoms with E-state index in [0.717, 1.165) is 14.7 Å². The van der Waals surface area contributed by atoms with Crippen LogP contribution in [0.5, 0.6) is 0 Å². The Hall–Kier alpha value is -2.09. The molecule has 0 heterocycles. The van der Waals surface area contributed by atoms with Crippen molar-refractivity contribution in [3.63, 3.8) is 0 Å². The van der Waals surface area contributed by atoms with Gasteiger partial charge < -0.3 is 9.29 Å². The quantitative estimate of drug-likeness (QED) is 0.0836. The molecule has 0 saturated heterocycles. The van der Waals surface area contributed by atoms with Gasteiger partial charge in [0.1, 0.15) is 10.9 Å². The zero-order chi connectivity index (χ0) is 25.2. The Bertz CT molecular complexity index is 1120. The maximum absolute atomic E-state index is 14.2. The lowest BCUT2D eigenvalue weighted by Gasteiger charge is -2.17. The average Bonchev–Trinajstić information content (AvgIpc) is 2.82. The number of ether oxygens (including phenoxy) is 1. The Labute approximate surface area is 212 Å². The molecule has 182 valence electrons. The highest BCUT2D eigenvalue weighted by Gasteiger charge is 2.48. The zero-order valence-corrected chi connectivity index (χ0v) is 21.4. The first-order valence-electron chi connectivity index (χ1n) is 9.75. The summed E-state index contributed by atoms with van der Waals surface area (Å²) in [6.07, 6.45) is 0.307. The molecule has 11 heteroatoms. The van der Waals surface area contributed by atoms with Gasteiger partial charge in [0.15, 0.2) is 25.7 Å². The first-order valence-corrected chi connectivity index (χ1v) is 13.9. The van der Waals surface area contributed by atoms with Gasteiger partial charge in [0.25, 0.3) is 0 Å². The van der Waals surface area contributed by atoms with Crippen LogP contribution in [-0.2, 0) is 30.5 Å². The SMILES string of the molecule is Fc1ccccc1[S+](c1ccccc1)c1ccccc1.O=C(OCCCI)C(F)(F)S(=O)(=O)[O-]. The second kappa shape index (κ2) is 13.1. The summed E-state index contributed by atoms with van der Waals surface area (Å²) < 4.78 is 73.2. The number of carbonyl (C=O) groups is 1. The van der Waals surface area contributed by atoms with Crippen LogP contribution in [0.4, 0.5) is 13.2 Å². The van der Waals surface area contributed by atoms with Gasteiger partial charge in [0.2, 0.25) is 4.90 Å². The van der Waals surface area contributed by atoms with Crippen LogP contribution >= 0.6 is 22.6 Å². The Balaban J connectivity index is 0.000000259. The van der Waals surface area contributed by atoms with E-state index >= 15 is 0 Å². The summed E-state index contributed by atoms with van der Waals surface area (Å²) in [5.74, 6) is -2.47. The van der Waals surface area contributed by atoms with E-state index in [4.69, 9.17) is 0 Å². The van der Waals surface area contributed by atoms with Crippen LogP contribution in [0.25, 0.3) is 0 Å². The molecule has 3 rings (SSSR count). The fraction of sp³-hybridized carbons (Fsp3) is 0.174. The third-order valence-corrected chi connectivity index (χ3v) is 7.89. The first-order chi connectivity index (χ1) is 16.1. The van der Waals surface area contributed by atoms with Crippen molar-refractivity contribution in [3.8, 4) is 0 Å². The lowest BCUT2D eigenvalue weighted by Crippen LogP contribution is -2.39. The lowest BCUT2D eigenvalue weighted by atomic mass is 10.3. The first kappa shape index (κ1) is 28.1. The molecule has 0 unspecified atom stereocenters. The van der Waals surface area contributed by atoms with Gasteiger partial charge in [-0.1, -0.05) is 71.1 Å². The number of benzene rings is 3. The topological polar surface area (TPSA) is 83.5 Å². The fourth-order valence-electron chi connectivity index (χ4n) is 2.52. The van der Waals surface area contributed by atoms with Gasteiger partial charge in [0, 0.05) is 4.43 Å². The van der Waals surface area contributed by atoms with Crippen molar-refractivity contribution in [2.45, 2.75) is 26.4 Å². The molecule has 0 aliphatic carbocycles. The van der Waals surface area contributed by atoms with Crippen LogP contribution in [0.2, 0.25) is 0 Å². The highest BCUT2D eigenvalue weighted by molar-refractivity contribution is 14.1. The van der Waals surface area contributed by atoms with Gasteiger partial charge in [-0.2, -0.15) is 8.78 Å². The summed E-state index contributed by atoms with van der Waals surface area (Å²) in [6.45, 7) is -0.340. The van der Waals surface area contributed by atoms with Gasteiger partial charge in [-0.25, -0.2) is 17.6 Å². The number of halogens is 4. The average molecular weight is 624 g/mol. The largest absolute Gasteiger partial charge is 0.743 e. The van der Waals surface area contributed by atoms with Crippen molar-refractivity contribution >= 4 is 49.6 Å². The Morgan fingerprint density at radius 2 is 1.38 bits per heavy atom. The summed E-state index contributed by atoms with van der Waals surface area (Å²) in [5.41, 5.74) is 0. The van der Waals surface area contributed by atoms with Crippen LogP contribution in [0.3, 0.4) is 0 Å². The van der Waals surface area contributed by atoms with E-state index in [1.165, 1.54) is 6.07 Å². The van der Waals surface area contributed by atoms with E-state index < -0.39 is 32.2 Å². The number of hydrogen-bond donors (Lipinski definition) is 0. The molecule has 0 bridgehead atoms. The van der Waals surface area contributed by atoms with E-state index in [1.54, 1.807) is 6.07 Å². The Morgan fingerprint density at radius 3 is 1.82 bits per heavy atom. The number of carbonyl (C=O) groups excluding carboxylic acids is 1. The molecule has 34 heavy (non-hydrogen) atoms. The van der Waals surface area contributed by atoms with Crippen LogP contribution in [0, 0.1) is 5.82 Å². The van der Waals surface area contributed by atoms with Crippen LogP contribution in [0.1, 0.15) is 6.42 Å². The monoisotopic (exact) mass is 624 g/mol. The molecule has 0 fully saturated rings. The van der Waals surface area contributed by atoms with E-state index in [9.17, 15) is 30.9 Å². The highest BCUT2D eigenvalue weighted by atomic mass is 127. The van der Waals surface area contributed by atoms with Crippen molar-refractivity contribution in [1.82, 2.24) is 0 Å². The summed E-state index contributed by atoms with van der Waals surface area (Å²) in [4.78, 5) is 13.4. The number of esters is 1. The molecule has 0 aromatic heterocycles. The molecular weight excluding hydrogens is 604 g/mol. The van der Waals surface area contributed by atoms with Gasteiger partial charge in [-0.05, 0) is 42.8 Å². The second-order valence-corrected chi connectivity index (χ2v) is 11.0. The Kier molecular flexibility index (Phi) is 10.9. The molecular formula is C23H20F3IO5S2. The standard InChI is InChI=1S/C18H14FS.C5H7F2IO5S/c19-17-13-7-8-14-18(17)20(15-9-3-1-4-10-15)16-11-5-2-6-12-16;6-5(7,14(10,11)12)4(9)13-3-1-2-8/h1-14H;1-3H2,(H,10,11,12)/q+1;/p-1. The van der Waals surface area contributed by atoms with E-state index in [0.29, 0.717) is 10.8 Å². The molecule has 5 nitrogen and oxygen atoms in total. The van der Waals surface area contributed by atoms with E-state index in [-0.39, 0.29) is 12.4 Å². The van der Waals surface area contributed by atoms with Crippen LogP contribution in [0.15, 0.2) is 99.6 Å². The molecule has 0 N–H and O–H groups in total. The molecule has 0 radical (unpaired) electrons. The highest BCUT2D eigenvalue weighted by Crippen LogP contribution is 2.32. The predicted octanol–water partition coefficient (Wildman–Crippen LogP) is 5.41.